The number of likely N-dealkylation sites (tertiary alicyclic amines) is 2. The Hall–Kier alpha value is -6.98. The van der Waals surface area contributed by atoms with Gasteiger partial charge in [-0.05, 0) is 124 Å². The fourth-order valence-electron chi connectivity index (χ4n) is 7.62. The van der Waals surface area contributed by atoms with Crippen molar-refractivity contribution in [2.24, 2.45) is 0 Å². The molecule has 2 aromatic carbocycles. The first-order valence-corrected chi connectivity index (χ1v) is 22.7. The molecule has 2 saturated heterocycles. The van der Waals surface area contributed by atoms with Crippen molar-refractivity contribution in [2.75, 3.05) is 40.4 Å². The van der Waals surface area contributed by atoms with E-state index in [1.807, 2.05) is 36.4 Å². The molecule has 2 fully saturated rings. The highest BCUT2D eigenvalue weighted by atomic mass is 16.5. The van der Waals surface area contributed by atoms with Crippen LogP contribution in [-0.2, 0) is 41.7 Å². The van der Waals surface area contributed by atoms with Gasteiger partial charge in [0.25, 0.3) is 0 Å². The van der Waals surface area contributed by atoms with Gasteiger partial charge in [-0.3, -0.25) is 19.2 Å². The van der Waals surface area contributed by atoms with Gasteiger partial charge in [0.1, 0.15) is 36.8 Å². The third-order valence-electron chi connectivity index (χ3n) is 11.8. The van der Waals surface area contributed by atoms with Crippen LogP contribution < -0.4 is 30.7 Å². The lowest BCUT2D eigenvalue weighted by molar-refractivity contribution is -0.141. The lowest BCUT2D eigenvalue weighted by Gasteiger charge is -2.32. The van der Waals surface area contributed by atoms with Gasteiger partial charge in [-0.2, -0.15) is 9.36 Å². The van der Waals surface area contributed by atoms with Crippen molar-refractivity contribution < 1.29 is 38.1 Å². The second-order valence-electron chi connectivity index (χ2n) is 16.4. The molecule has 0 radical (unpaired) electrons. The molecule has 4 heterocycles. The minimum absolute atomic E-state index is 0.0869. The van der Waals surface area contributed by atoms with E-state index in [0.29, 0.717) is 37.4 Å². The number of aromatic nitrogens is 8. The van der Waals surface area contributed by atoms with Gasteiger partial charge < -0.3 is 50.0 Å². The Kier molecular flexibility index (Phi) is 18.7. The highest BCUT2D eigenvalue weighted by Gasteiger charge is 2.40. The molecule has 6 rings (SSSR count). The summed E-state index contributed by atoms with van der Waals surface area (Å²) >= 11 is 0. The van der Waals surface area contributed by atoms with E-state index in [-0.39, 0.29) is 74.0 Å². The van der Waals surface area contributed by atoms with E-state index in [2.05, 4.69) is 76.0 Å². The summed E-state index contributed by atoms with van der Waals surface area (Å²) < 4.78 is 26.8. The molecule has 8 atom stereocenters. The topological polar surface area (TPSA) is 247 Å². The highest BCUT2D eigenvalue weighted by Crippen LogP contribution is 2.26. The Morgan fingerprint density at radius 3 is 1.41 bits per heavy atom. The second kappa shape index (κ2) is 25.2. The molecule has 2 aliphatic rings. The lowest BCUT2D eigenvalue weighted by Crippen LogP contribution is -2.58. The number of hydrogen-bond acceptors (Lipinski definition) is 16. The molecule has 68 heavy (non-hydrogen) atoms. The number of rotatable bonds is 22. The van der Waals surface area contributed by atoms with Gasteiger partial charge >= 0.3 is 12.0 Å². The summed E-state index contributed by atoms with van der Waals surface area (Å²) in [6.45, 7) is 8.14. The van der Waals surface area contributed by atoms with E-state index < -0.39 is 36.4 Å². The Balaban J connectivity index is 1.04. The lowest BCUT2D eigenvalue weighted by atomic mass is 10.1. The monoisotopic (exact) mass is 936 g/mol. The van der Waals surface area contributed by atoms with Gasteiger partial charge in [-0.15, -0.1) is 0 Å². The van der Waals surface area contributed by atoms with Crippen molar-refractivity contribution in [2.45, 2.75) is 115 Å². The summed E-state index contributed by atoms with van der Waals surface area (Å²) in [5, 5.41) is 35.4. The summed E-state index contributed by atoms with van der Waals surface area (Å²) in [4.78, 5) is 58.1. The van der Waals surface area contributed by atoms with Crippen LogP contribution in [0.3, 0.4) is 0 Å². The number of para-hydroxylation sites is 2. The van der Waals surface area contributed by atoms with Gasteiger partial charge in [0, 0.05) is 13.1 Å². The summed E-state index contributed by atoms with van der Waals surface area (Å²) in [7, 11) is 3.32. The smallest absolute Gasteiger partial charge is 0.341 e. The second-order valence-corrected chi connectivity index (χ2v) is 16.4. The van der Waals surface area contributed by atoms with Crippen molar-refractivity contribution in [3.63, 3.8) is 0 Å². The van der Waals surface area contributed by atoms with Crippen LogP contribution in [0, 0.1) is 23.7 Å². The summed E-state index contributed by atoms with van der Waals surface area (Å²) in [5.41, 5.74) is 0. The van der Waals surface area contributed by atoms with Gasteiger partial charge in [-0.25, -0.2) is 0 Å². The number of carbonyl (C=O) groups excluding carboxylic acids is 4. The molecular formula is C46H60N14O8. The SMILES string of the molecule is CNC(C)C(=O)NC(C(=O)N1CCC[C@H]1Cn1nnnc1Oc1ccccc1)C(C)OCC#CC#CCOC(C)C(NC(=O)C(C)NC)C(=O)N1CCC[C@H]1Cn1nnnc1Oc1ccccc1. The number of ether oxygens (including phenoxy) is 4. The minimum atomic E-state index is -1.02. The number of amides is 4. The average Bonchev–Trinajstić information content (AvgIpc) is 4.20. The van der Waals surface area contributed by atoms with Crippen molar-refractivity contribution in [3.8, 4) is 47.2 Å². The molecule has 0 spiro atoms. The van der Waals surface area contributed by atoms with E-state index in [4.69, 9.17) is 18.9 Å². The number of nitrogens with zero attached hydrogens (tertiary/aromatic N) is 10. The number of nitrogens with one attached hydrogen (secondary N) is 4. The largest absolute Gasteiger partial charge is 0.423 e. The summed E-state index contributed by atoms with van der Waals surface area (Å²) in [6.07, 6.45) is 1.35. The van der Waals surface area contributed by atoms with Gasteiger partial charge in [0.15, 0.2) is 0 Å². The van der Waals surface area contributed by atoms with E-state index in [9.17, 15) is 19.2 Å². The maximum atomic E-state index is 14.2. The van der Waals surface area contributed by atoms with Crippen molar-refractivity contribution in [3.05, 3.63) is 60.7 Å². The average molecular weight is 937 g/mol. The zero-order chi connectivity index (χ0) is 48.4. The minimum Gasteiger partial charge on any atom is -0.423 e. The molecule has 0 aliphatic carbocycles. The first-order chi connectivity index (χ1) is 33.0. The third-order valence-corrected chi connectivity index (χ3v) is 11.8. The van der Waals surface area contributed by atoms with Crippen LogP contribution in [0.4, 0.5) is 0 Å². The zero-order valence-electron chi connectivity index (χ0n) is 39.2. The van der Waals surface area contributed by atoms with E-state index >= 15 is 0 Å². The quantitative estimate of drug-likeness (QED) is 0.0801. The van der Waals surface area contributed by atoms with Crippen molar-refractivity contribution in [1.82, 2.24) is 71.5 Å². The van der Waals surface area contributed by atoms with Gasteiger partial charge in [0.2, 0.25) is 23.6 Å². The third kappa shape index (κ3) is 13.8. The Morgan fingerprint density at radius 2 is 1.03 bits per heavy atom. The normalized spacial score (nSPS) is 18.1. The highest BCUT2D eigenvalue weighted by molar-refractivity contribution is 5.91. The zero-order valence-corrected chi connectivity index (χ0v) is 39.2. The maximum absolute atomic E-state index is 14.2. The molecule has 0 saturated carbocycles. The van der Waals surface area contributed by atoms with Crippen LogP contribution >= 0.6 is 0 Å². The summed E-state index contributed by atoms with van der Waals surface area (Å²) in [5.74, 6) is 11.0. The molecule has 4 N–H and O–H groups in total. The molecule has 362 valence electrons. The Labute approximate surface area is 395 Å². The van der Waals surface area contributed by atoms with E-state index in [0.717, 1.165) is 12.8 Å². The molecular weight excluding hydrogens is 877 g/mol. The fraction of sp³-hybridized carbons (Fsp3) is 0.522. The molecule has 4 aromatic rings. The van der Waals surface area contributed by atoms with E-state index in [1.54, 1.807) is 75.9 Å². The predicted octanol–water partition coefficient (Wildman–Crippen LogP) is 0.929. The number of likely N-dealkylation sites (N-methyl/N-ethyl adjacent to an activating group) is 2. The number of benzene rings is 2. The molecule has 2 aromatic heterocycles. The van der Waals surface area contributed by atoms with Crippen LogP contribution in [0.2, 0.25) is 0 Å². The standard InChI is InChI=1S/C46H60N14O8/c1-31(47-5)41(61)49-39(43(63)57-25-17-19-35(57)29-59-45(51-53-55-59)67-37-21-11-9-12-22-37)33(3)65-27-15-7-8-16-28-66-34(4)40(50-42(62)32(2)48-6)44(64)58-26-18-20-36(58)30-60-46(52-54-56-60)68-38-23-13-10-14-24-38/h9-14,21-24,31-36,39-40,47-48H,17-20,25-30H2,1-6H3,(H,49,61)(H,50,62)/t31?,32?,33?,34?,35-,36-,39?,40?/m0/s1. The predicted molar refractivity (Wildman–Crippen MR) is 245 cm³/mol. The van der Waals surface area contributed by atoms with Gasteiger partial charge in [0.05, 0.1) is 49.5 Å². The Morgan fingerprint density at radius 1 is 0.632 bits per heavy atom. The van der Waals surface area contributed by atoms with Gasteiger partial charge in [-0.1, -0.05) is 58.4 Å². The van der Waals surface area contributed by atoms with Crippen LogP contribution in [0.5, 0.6) is 23.5 Å². The molecule has 4 amide bonds. The van der Waals surface area contributed by atoms with Crippen molar-refractivity contribution in [1.29, 1.82) is 0 Å². The first-order valence-electron chi connectivity index (χ1n) is 22.7. The molecule has 0 bridgehead atoms. The maximum Gasteiger partial charge on any atom is 0.341 e. The van der Waals surface area contributed by atoms with Crippen LogP contribution in [0.1, 0.15) is 53.4 Å². The van der Waals surface area contributed by atoms with E-state index in [1.165, 1.54) is 9.36 Å². The van der Waals surface area contributed by atoms with Crippen LogP contribution in [0.25, 0.3) is 0 Å². The summed E-state index contributed by atoms with van der Waals surface area (Å²) in [6, 6.07) is 15.0. The molecule has 2 aliphatic heterocycles. The van der Waals surface area contributed by atoms with Crippen molar-refractivity contribution >= 4 is 23.6 Å². The van der Waals surface area contributed by atoms with Crippen LogP contribution in [0.15, 0.2) is 60.7 Å². The molecule has 22 heteroatoms. The Bertz CT molecular complexity index is 2230. The number of tetrazole rings is 2. The number of carbonyl (C=O) groups is 4. The fourth-order valence-corrected chi connectivity index (χ4v) is 7.62. The first kappa shape index (κ1) is 50.4. The molecule has 6 unspecified atom stereocenters. The molecule has 22 nitrogen and oxygen atoms in total. The number of hydrogen-bond donors (Lipinski definition) is 4. The van der Waals surface area contributed by atoms with Crippen LogP contribution in [-0.4, -0.2) is 163 Å².